The molecule has 0 radical (unpaired) electrons. The number of carbonyl (C=O) groups excluding carboxylic acids is 1. The monoisotopic (exact) mass is 289 g/mol. The number of aryl methyl sites for hydroxylation is 3. The van der Waals surface area contributed by atoms with Gasteiger partial charge >= 0.3 is 0 Å². The lowest BCUT2D eigenvalue weighted by atomic mass is 10.2. The van der Waals surface area contributed by atoms with Crippen molar-refractivity contribution in [3.63, 3.8) is 0 Å². The molecule has 0 saturated heterocycles. The van der Waals surface area contributed by atoms with E-state index in [1.807, 2.05) is 20.8 Å². The highest BCUT2D eigenvalue weighted by molar-refractivity contribution is 5.94. The van der Waals surface area contributed by atoms with Gasteiger partial charge in [-0.3, -0.25) is 9.59 Å². The molecule has 1 atom stereocenters. The average molecular weight is 289 g/mol. The van der Waals surface area contributed by atoms with Gasteiger partial charge in [0.25, 0.3) is 5.91 Å². The van der Waals surface area contributed by atoms with Gasteiger partial charge in [0.05, 0.1) is 6.04 Å². The quantitative estimate of drug-likeness (QED) is 0.902. The zero-order valence-electron chi connectivity index (χ0n) is 12.6. The molecular formula is C14H19N5O2. The highest BCUT2D eigenvalue weighted by Crippen LogP contribution is 2.09. The molecule has 2 heterocycles. The first kappa shape index (κ1) is 15.0. The van der Waals surface area contributed by atoms with E-state index >= 15 is 0 Å². The van der Waals surface area contributed by atoms with E-state index in [2.05, 4.69) is 15.4 Å². The summed E-state index contributed by atoms with van der Waals surface area (Å²) >= 11 is 0. The van der Waals surface area contributed by atoms with E-state index in [1.54, 1.807) is 22.5 Å². The van der Waals surface area contributed by atoms with Gasteiger partial charge < -0.3 is 9.88 Å². The molecule has 7 nitrogen and oxygen atoms in total. The van der Waals surface area contributed by atoms with E-state index in [0.29, 0.717) is 12.4 Å². The highest BCUT2D eigenvalue weighted by Gasteiger charge is 2.18. The van der Waals surface area contributed by atoms with Crippen molar-refractivity contribution in [2.75, 3.05) is 0 Å². The fourth-order valence-electron chi connectivity index (χ4n) is 2.09. The van der Waals surface area contributed by atoms with Crippen LogP contribution in [0.5, 0.6) is 0 Å². The Morgan fingerprint density at radius 3 is 2.86 bits per heavy atom. The summed E-state index contributed by atoms with van der Waals surface area (Å²) in [4.78, 5) is 28.3. The summed E-state index contributed by atoms with van der Waals surface area (Å²) in [7, 11) is 1.79. The maximum atomic E-state index is 12.3. The smallest absolute Gasteiger partial charge is 0.257 e. The Hall–Kier alpha value is -2.44. The lowest BCUT2D eigenvalue weighted by molar-refractivity contribution is 0.0935. The molecule has 2 aromatic rings. The number of aromatic nitrogens is 4. The van der Waals surface area contributed by atoms with Gasteiger partial charge in [0, 0.05) is 31.5 Å². The summed E-state index contributed by atoms with van der Waals surface area (Å²) < 4.78 is 3.45. The van der Waals surface area contributed by atoms with Gasteiger partial charge in [-0.1, -0.05) is 0 Å². The zero-order chi connectivity index (χ0) is 15.6. The van der Waals surface area contributed by atoms with E-state index in [0.717, 1.165) is 5.69 Å². The van der Waals surface area contributed by atoms with Gasteiger partial charge in [0.2, 0.25) is 0 Å². The number of amides is 1. The number of rotatable bonds is 4. The molecule has 0 bridgehead atoms. The van der Waals surface area contributed by atoms with Gasteiger partial charge in [0.15, 0.2) is 5.43 Å². The van der Waals surface area contributed by atoms with E-state index in [9.17, 15) is 9.59 Å². The van der Waals surface area contributed by atoms with Gasteiger partial charge in [-0.15, -0.1) is 0 Å². The van der Waals surface area contributed by atoms with Crippen LogP contribution in [-0.2, 0) is 13.6 Å². The second-order valence-corrected chi connectivity index (χ2v) is 4.93. The molecular weight excluding hydrogens is 270 g/mol. The molecule has 0 unspecified atom stereocenters. The summed E-state index contributed by atoms with van der Waals surface area (Å²) in [5, 5.41) is 6.85. The first-order chi connectivity index (χ1) is 9.93. The summed E-state index contributed by atoms with van der Waals surface area (Å²) in [6.07, 6.45) is 3.00. The maximum Gasteiger partial charge on any atom is 0.257 e. The van der Waals surface area contributed by atoms with Crippen LogP contribution in [0.15, 0.2) is 23.4 Å². The van der Waals surface area contributed by atoms with Crippen LogP contribution in [0.2, 0.25) is 0 Å². The van der Waals surface area contributed by atoms with E-state index in [-0.39, 0.29) is 17.0 Å². The molecule has 0 aliphatic carbocycles. The topological polar surface area (TPSA) is 81.8 Å². The van der Waals surface area contributed by atoms with Crippen molar-refractivity contribution < 1.29 is 4.79 Å². The second-order valence-electron chi connectivity index (χ2n) is 4.93. The third-order valence-corrected chi connectivity index (χ3v) is 3.41. The van der Waals surface area contributed by atoms with Gasteiger partial charge in [0.1, 0.15) is 17.7 Å². The van der Waals surface area contributed by atoms with Crippen LogP contribution in [0, 0.1) is 6.92 Å². The molecule has 0 aliphatic rings. The molecule has 112 valence electrons. The van der Waals surface area contributed by atoms with E-state index in [4.69, 9.17) is 0 Å². The molecule has 0 fully saturated rings. The minimum atomic E-state index is -0.409. The molecule has 1 amide bonds. The number of pyridine rings is 1. The molecule has 2 rings (SSSR count). The summed E-state index contributed by atoms with van der Waals surface area (Å²) in [6, 6.07) is 1.12. The SMILES string of the molecule is CCn1ncnc1[C@H](C)NC(=O)c1cn(C)c(C)cc1=O. The van der Waals surface area contributed by atoms with E-state index < -0.39 is 5.91 Å². The van der Waals surface area contributed by atoms with Crippen molar-refractivity contribution in [3.05, 3.63) is 45.9 Å². The lowest BCUT2D eigenvalue weighted by Gasteiger charge is -2.14. The molecule has 21 heavy (non-hydrogen) atoms. The van der Waals surface area contributed by atoms with Crippen LogP contribution in [0.25, 0.3) is 0 Å². The Morgan fingerprint density at radius 2 is 2.19 bits per heavy atom. The minimum Gasteiger partial charge on any atom is -0.354 e. The lowest BCUT2D eigenvalue weighted by Crippen LogP contribution is -2.32. The second kappa shape index (κ2) is 5.90. The number of nitrogens with one attached hydrogen (secondary N) is 1. The minimum absolute atomic E-state index is 0.123. The highest BCUT2D eigenvalue weighted by atomic mass is 16.2. The van der Waals surface area contributed by atoms with Gasteiger partial charge in [-0.25, -0.2) is 9.67 Å². The van der Waals surface area contributed by atoms with Crippen LogP contribution < -0.4 is 10.7 Å². The van der Waals surface area contributed by atoms with Crippen molar-refractivity contribution in [2.45, 2.75) is 33.4 Å². The van der Waals surface area contributed by atoms with Crippen LogP contribution in [0.4, 0.5) is 0 Å². The number of carbonyl (C=O) groups is 1. The fourth-order valence-corrected chi connectivity index (χ4v) is 2.09. The first-order valence-electron chi connectivity index (χ1n) is 6.79. The largest absolute Gasteiger partial charge is 0.354 e. The van der Waals surface area contributed by atoms with Crippen molar-refractivity contribution >= 4 is 5.91 Å². The molecule has 0 aliphatic heterocycles. The van der Waals surface area contributed by atoms with Crippen LogP contribution in [-0.4, -0.2) is 25.2 Å². The van der Waals surface area contributed by atoms with Crippen molar-refractivity contribution in [3.8, 4) is 0 Å². The molecule has 7 heteroatoms. The molecule has 1 N–H and O–H groups in total. The standard InChI is InChI=1S/C14H19N5O2/c1-5-19-13(15-8-16-19)10(3)17-14(21)11-7-18(4)9(2)6-12(11)20/h6-8,10H,5H2,1-4H3,(H,17,21)/t10-/m0/s1. The molecule has 0 saturated carbocycles. The number of nitrogens with zero attached hydrogens (tertiary/aromatic N) is 4. The third-order valence-electron chi connectivity index (χ3n) is 3.41. The Balaban J connectivity index is 2.22. The predicted octanol–water partition coefficient (Wildman–Crippen LogP) is 0.796. The van der Waals surface area contributed by atoms with Crippen molar-refractivity contribution in [1.29, 1.82) is 0 Å². The average Bonchev–Trinajstić information content (AvgIpc) is 2.91. The summed E-state index contributed by atoms with van der Waals surface area (Å²) in [5.74, 6) is 0.253. The van der Waals surface area contributed by atoms with Crippen molar-refractivity contribution in [1.82, 2.24) is 24.6 Å². The molecule has 2 aromatic heterocycles. The Labute approximate surface area is 122 Å². The fraction of sp³-hybridized carbons (Fsp3) is 0.429. The number of hydrogen-bond donors (Lipinski definition) is 1. The molecule has 0 aromatic carbocycles. The van der Waals surface area contributed by atoms with Gasteiger partial charge in [-0.2, -0.15) is 5.10 Å². The Morgan fingerprint density at radius 1 is 1.48 bits per heavy atom. The van der Waals surface area contributed by atoms with Crippen LogP contribution >= 0.6 is 0 Å². The Bertz CT molecular complexity index is 716. The summed E-state index contributed by atoms with van der Waals surface area (Å²) in [6.45, 7) is 6.24. The summed E-state index contributed by atoms with van der Waals surface area (Å²) in [5.41, 5.74) is 0.639. The van der Waals surface area contributed by atoms with Gasteiger partial charge in [-0.05, 0) is 20.8 Å². The Kier molecular flexibility index (Phi) is 4.21. The predicted molar refractivity (Wildman–Crippen MR) is 78.0 cm³/mol. The molecule has 0 spiro atoms. The van der Waals surface area contributed by atoms with Crippen LogP contribution in [0.3, 0.4) is 0 Å². The zero-order valence-corrected chi connectivity index (χ0v) is 12.6. The van der Waals surface area contributed by atoms with E-state index in [1.165, 1.54) is 12.4 Å². The normalized spacial score (nSPS) is 12.2. The maximum absolute atomic E-state index is 12.3. The van der Waals surface area contributed by atoms with Crippen LogP contribution in [0.1, 0.15) is 41.8 Å². The number of hydrogen-bond acceptors (Lipinski definition) is 4. The first-order valence-corrected chi connectivity index (χ1v) is 6.79. The third kappa shape index (κ3) is 3.01. The van der Waals surface area contributed by atoms with Crippen molar-refractivity contribution in [2.24, 2.45) is 7.05 Å².